The van der Waals surface area contributed by atoms with E-state index in [4.69, 9.17) is 5.73 Å². The monoisotopic (exact) mass is 517 g/mol. The average Bonchev–Trinajstić information content (AvgIpc) is 2.86. The summed E-state index contributed by atoms with van der Waals surface area (Å²) in [5, 5.41) is 33.5. The van der Waals surface area contributed by atoms with Gasteiger partial charge in [-0.05, 0) is 35.8 Å². The minimum absolute atomic E-state index is 0.207. The Morgan fingerprint density at radius 3 is 2.39 bits per heavy atom. The number of nitrogens with two attached hydrogens (primary N) is 1. The molecule has 194 valence electrons. The third kappa shape index (κ3) is 3.41. The van der Waals surface area contributed by atoms with Crippen LogP contribution in [0.25, 0.3) is 11.6 Å². The maximum Gasteiger partial charge on any atom is 0.235 e. The van der Waals surface area contributed by atoms with E-state index in [1.807, 2.05) is 0 Å². The molecule has 3 aliphatic rings. The minimum Gasteiger partial charge on any atom is -0.507 e. The molecule has 0 heterocycles. The minimum atomic E-state index is -3.01. The van der Waals surface area contributed by atoms with Gasteiger partial charge in [0.05, 0.1) is 17.6 Å². The SMILES string of the molecule is CC(=O)c1cccc(C=C2c3cccc(O)c3C(=O)C3C(=O)C4(O)C(=O)C(C(N)=O)C(=O)CC4C(O)C23)c1. The number of Topliss-reactive ketones (excluding diaryl/α,β-unsaturated/α-hetero) is 5. The predicted molar refractivity (Wildman–Crippen MR) is 131 cm³/mol. The van der Waals surface area contributed by atoms with Gasteiger partial charge in [0, 0.05) is 23.8 Å². The second-order valence-electron chi connectivity index (χ2n) is 9.95. The van der Waals surface area contributed by atoms with Crippen molar-refractivity contribution >= 4 is 46.5 Å². The van der Waals surface area contributed by atoms with Crippen molar-refractivity contribution in [2.75, 3.05) is 0 Å². The zero-order chi connectivity index (χ0) is 27.7. The van der Waals surface area contributed by atoms with E-state index in [1.54, 1.807) is 30.3 Å². The number of carbonyl (C=O) groups is 6. The number of carbonyl (C=O) groups excluding carboxylic acids is 6. The molecule has 2 aromatic carbocycles. The van der Waals surface area contributed by atoms with Gasteiger partial charge in [0.2, 0.25) is 5.91 Å². The summed E-state index contributed by atoms with van der Waals surface area (Å²) in [6, 6.07) is 10.7. The number of amides is 1. The van der Waals surface area contributed by atoms with Gasteiger partial charge in [0.15, 0.2) is 40.4 Å². The lowest BCUT2D eigenvalue weighted by Gasteiger charge is -2.51. The van der Waals surface area contributed by atoms with E-state index in [2.05, 4.69) is 0 Å². The lowest BCUT2D eigenvalue weighted by atomic mass is 9.51. The number of hydrogen-bond acceptors (Lipinski definition) is 9. The van der Waals surface area contributed by atoms with Crippen LogP contribution in [0.15, 0.2) is 42.5 Å². The highest BCUT2D eigenvalue weighted by molar-refractivity contribution is 6.32. The summed E-state index contributed by atoms with van der Waals surface area (Å²) in [4.78, 5) is 77.0. The number of aromatic hydroxyl groups is 1. The summed E-state index contributed by atoms with van der Waals surface area (Å²) in [5.74, 6) is -13.4. The zero-order valence-corrected chi connectivity index (χ0v) is 20.1. The van der Waals surface area contributed by atoms with E-state index in [-0.39, 0.29) is 22.5 Å². The summed E-state index contributed by atoms with van der Waals surface area (Å²) in [5.41, 5.74) is 3.27. The highest BCUT2D eigenvalue weighted by Crippen LogP contribution is 2.54. The number of phenolic OH excluding ortho intramolecular Hbond substituents is 1. The molecule has 2 fully saturated rings. The Morgan fingerprint density at radius 1 is 1.05 bits per heavy atom. The Labute approximate surface area is 215 Å². The van der Waals surface area contributed by atoms with E-state index in [0.29, 0.717) is 11.1 Å². The van der Waals surface area contributed by atoms with Gasteiger partial charge in [-0.3, -0.25) is 28.8 Å². The van der Waals surface area contributed by atoms with Gasteiger partial charge >= 0.3 is 0 Å². The summed E-state index contributed by atoms with van der Waals surface area (Å²) >= 11 is 0. The third-order valence-electron chi connectivity index (χ3n) is 7.86. The molecular weight excluding hydrogens is 494 g/mol. The van der Waals surface area contributed by atoms with E-state index >= 15 is 0 Å². The topological polar surface area (TPSA) is 189 Å². The molecule has 3 aliphatic carbocycles. The normalized spacial score (nSPS) is 31.4. The van der Waals surface area contributed by atoms with Crippen molar-refractivity contribution in [3.05, 3.63) is 64.7 Å². The number of aliphatic hydroxyl groups is 2. The maximum absolute atomic E-state index is 13.8. The van der Waals surface area contributed by atoms with E-state index in [0.717, 1.165) is 0 Å². The lowest BCUT2D eigenvalue weighted by Crippen LogP contribution is -2.72. The number of primary amides is 1. The fourth-order valence-electron chi connectivity index (χ4n) is 6.06. The van der Waals surface area contributed by atoms with Crippen LogP contribution in [-0.2, 0) is 19.2 Å². The molecule has 6 atom stereocenters. The Kier molecular flexibility index (Phi) is 5.77. The van der Waals surface area contributed by atoms with Gasteiger partial charge in [0.1, 0.15) is 5.75 Å². The molecule has 5 rings (SSSR count). The molecule has 0 aliphatic heterocycles. The Hall–Kier alpha value is -4.28. The summed E-state index contributed by atoms with van der Waals surface area (Å²) in [6.45, 7) is 1.38. The molecule has 2 saturated carbocycles. The molecule has 0 spiro atoms. The average molecular weight is 517 g/mol. The van der Waals surface area contributed by atoms with Crippen LogP contribution >= 0.6 is 0 Å². The van der Waals surface area contributed by atoms with Crippen molar-refractivity contribution in [1.29, 1.82) is 0 Å². The van der Waals surface area contributed by atoms with Crippen LogP contribution < -0.4 is 5.73 Å². The first-order chi connectivity index (χ1) is 17.9. The second kappa shape index (κ2) is 8.64. The van der Waals surface area contributed by atoms with Crippen molar-refractivity contribution < 1.29 is 44.1 Å². The molecule has 0 radical (unpaired) electrons. The largest absolute Gasteiger partial charge is 0.507 e. The molecule has 6 unspecified atom stereocenters. The molecular formula is C28H23NO9. The first-order valence-corrected chi connectivity index (χ1v) is 11.9. The standard InChI is InChI=1S/C28H23NO9/c1-11(30)13-5-2-4-12(8-13)9-15-14-6-3-7-17(31)19(14)24(34)22-20(15)23(33)16-10-18(32)21(27(29)37)25(35)28(16,38)26(22)36/h2-9,16,20-23,31,33,38H,10H2,1H3,(H2,29,37). The van der Waals surface area contributed by atoms with Crippen LogP contribution in [0.2, 0.25) is 0 Å². The Bertz CT molecular complexity index is 1510. The van der Waals surface area contributed by atoms with Gasteiger partial charge in [-0.2, -0.15) is 0 Å². The summed E-state index contributed by atoms with van der Waals surface area (Å²) in [7, 11) is 0. The Balaban J connectivity index is 1.75. The smallest absolute Gasteiger partial charge is 0.235 e. The van der Waals surface area contributed by atoms with Crippen LogP contribution in [0.3, 0.4) is 0 Å². The first kappa shape index (κ1) is 25.4. The molecule has 1 amide bonds. The Morgan fingerprint density at radius 2 is 1.74 bits per heavy atom. The number of aliphatic hydroxyl groups excluding tert-OH is 1. The maximum atomic E-state index is 13.8. The van der Waals surface area contributed by atoms with E-state index in [9.17, 15) is 44.1 Å². The summed E-state index contributed by atoms with van der Waals surface area (Å²) < 4.78 is 0. The molecule has 0 saturated heterocycles. The second-order valence-corrected chi connectivity index (χ2v) is 9.95. The molecule has 38 heavy (non-hydrogen) atoms. The first-order valence-electron chi connectivity index (χ1n) is 11.9. The lowest BCUT2D eigenvalue weighted by molar-refractivity contribution is -0.185. The van der Waals surface area contributed by atoms with Crippen LogP contribution in [0.4, 0.5) is 0 Å². The van der Waals surface area contributed by atoms with Crippen LogP contribution in [-0.4, -0.2) is 61.8 Å². The van der Waals surface area contributed by atoms with E-state index in [1.165, 1.54) is 25.1 Å². The number of benzene rings is 2. The number of ketones is 5. The molecule has 5 N–H and O–H groups in total. The zero-order valence-electron chi connectivity index (χ0n) is 20.1. The third-order valence-corrected chi connectivity index (χ3v) is 7.86. The van der Waals surface area contributed by atoms with Crippen molar-refractivity contribution in [3.63, 3.8) is 0 Å². The number of rotatable bonds is 3. The number of fused-ring (bicyclic) bond motifs is 3. The van der Waals surface area contributed by atoms with Crippen molar-refractivity contribution in [1.82, 2.24) is 0 Å². The molecule has 0 aromatic heterocycles. The van der Waals surface area contributed by atoms with Crippen LogP contribution in [0.5, 0.6) is 5.75 Å². The van der Waals surface area contributed by atoms with Gasteiger partial charge in [-0.15, -0.1) is 0 Å². The summed E-state index contributed by atoms with van der Waals surface area (Å²) in [6.07, 6.45) is -0.889. The van der Waals surface area contributed by atoms with E-state index < -0.39 is 76.6 Å². The van der Waals surface area contributed by atoms with Crippen molar-refractivity contribution in [3.8, 4) is 5.75 Å². The van der Waals surface area contributed by atoms with Crippen molar-refractivity contribution in [2.45, 2.75) is 25.0 Å². The molecule has 0 bridgehead atoms. The highest BCUT2D eigenvalue weighted by Gasteiger charge is 2.69. The van der Waals surface area contributed by atoms with Crippen molar-refractivity contribution in [2.24, 2.45) is 29.4 Å². The van der Waals surface area contributed by atoms with Crippen LogP contribution in [0.1, 0.15) is 45.2 Å². The van der Waals surface area contributed by atoms with Crippen LogP contribution in [0, 0.1) is 23.7 Å². The number of hydrogen-bond donors (Lipinski definition) is 4. The molecule has 10 nitrogen and oxygen atoms in total. The number of phenols is 1. The van der Waals surface area contributed by atoms with Gasteiger partial charge in [-0.1, -0.05) is 36.4 Å². The fraction of sp³-hybridized carbons (Fsp3) is 0.286. The molecule has 10 heteroatoms. The quantitative estimate of drug-likeness (QED) is 0.332. The predicted octanol–water partition coefficient (Wildman–Crippen LogP) is 0.498. The fourth-order valence-corrected chi connectivity index (χ4v) is 6.06. The van der Waals surface area contributed by atoms with Gasteiger partial charge in [0.25, 0.3) is 0 Å². The van der Waals surface area contributed by atoms with Gasteiger partial charge < -0.3 is 21.1 Å². The van der Waals surface area contributed by atoms with Gasteiger partial charge in [-0.25, -0.2) is 0 Å². The molecule has 2 aromatic rings. The highest BCUT2D eigenvalue weighted by atomic mass is 16.3.